The number of anilines is 1. The molecule has 4 nitrogen and oxygen atoms in total. The molecule has 3 aromatic rings. The van der Waals surface area contributed by atoms with Crippen LogP contribution in [0.2, 0.25) is 0 Å². The molecule has 0 spiro atoms. The van der Waals surface area contributed by atoms with Gasteiger partial charge in [0.1, 0.15) is 12.1 Å². The zero-order valence-electron chi connectivity index (χ0n) is 12.7. The summed E-state index contributed by atoms with van der Waals surface area (Å²) < 4.78 is 1.25. The van der Waals surface area contributed by atoms with Crippen LogP contribution in [0.25, 0.3) is 21.3 Å². The fourth-order valence-electron chi connectivity index (χ4n) is 2.93. The number of aldehydes is 1. The highest BCUT2D eigenvalue weighted by Gasteiger charge is 2.17. The number of nitrogens with zero attached hydrogens (tertiary/aromatic N) is 2. The molecule has 0 atom stereocenters. The van der Waals surface area contributed by atoms with E-state index >= 15 is 0 Å². The number of piperazine rings is 1. The van der Waals surface area contributed by atoms with Crippen molar-refractivity contribution in [3.8, 4) is 11.3 Å². The molecule has 4 rings (SSSR count). The van der Waals surface area contributed by atoms with Gasteiger partial charge < -0.3 is 10.2 Å². The van der Waals surface area contributed by atoms with Gasteiger partial charge in [0.15, 0.2) is 0 Å². The first-order valence-corrected chi connectivity index (χ1v) is 8.62. The van der Waals surface area contributed by atoms with Crippen molar-refractivity contribution < 1.29 is 4.79 Å². The number of pyridine rings is 1. The Morgan fingerprint density at radius 3 is 2.65 bits per heavy atom. The first kappa shape index (κ1) is 14.4. The third kappa shape index (κ3) is 2.73. The number of fused-ring (bicyclic) bond motifs is 1. The van der Waals surface area contributed by atoms with E-state index in [-0.39, 0.29) is 0 Å². The lowest BCUT2D eigenvalue weighted by Crippen LogP contribution is -2.43. The van der Waals surface area contributed by atoms with Crippen molar-refractivity contribution in [1.29, 1.82) is 0 Å². The standard InChI is InChI=1S/C18H17N3OS/c22-12-13-1-3-14(4-2-13)16-11-15-5-10-23-17(15)18(20-16)21-8-6-19-7-9-21/h1-5,10-12,19H,6-9H2. The van der Waals surface area contributed by atoms with Crippen molar-refractivity contribution in [3.63, 3.8) is 0 Å². The minimum absolute atomic E-state index is 0.688. The maximum absolute atomic E-state index is 10.8. The average molecular weight is 323 g/mol. The van der Waals surface area contributed by atoms with Crippen molar-refractivity contribution >= 4 is 33.5 Å². The second kappa shape index (κ2) is 6.10. The van der Waals surface area contributed by atoms with E-state index in [0.717, 1.165) is 49.5 Å². The Morgan fingerprint density at radius 2 is 1.91 bits per heavy atom. The molecule has 23 heavy (non-hydrogen) atoms. The molecule has 1 aromatic carbocycles. The molecule has 5 heteroatoms. The third-order valence-electron chi connectivity index (χ3n) is 4.18. The molecular formula is C18H17N3OS. The number of thiophene rings is 1. The molecule has 0 radical (unpaired) electrons. The van der Waals surface area contributed by atoms with Crippen molar-refractivity contribution in [2.24, 2.45) is 0 Å². The summed E-state index contributed by atoms with van der Waals surface area (Å²) in [7, 11) is 0. The van der Waals surface area contributed by atoms with E-state index in [1.165, 1.54) is 10.1 Å². The predicted molar refractivity (Wildman–Crippen MR) is 95.5 cm³/mol. The van der Waals surface area contributed by atoms with Gasteiger partial charge in [-0.25, -0.2) is 4.98 Å². The van der Waals surface area contributed by atoms with E-state index in [9.17, 15) is 4.79 Å². The lowest BCUT2D eigenvalue weighted by Gasteiger charge is -2.29. The van der Waals surface area contributed by atoms with Crippen LogP contribution in [0.4, 0.5) is 5.82 Å². The van der Waals surface area contributed by atoms with Gasteiger partial charge in [-0.3, -0.25) is 4.79 Å². The van der Waals surface area contributed by atoms with Crippen molar-refractivity contribution in [2.75, 3.05) is 31.1 Å². The Hall–Kier alpha value is -2.24. The Morgan fingerprint density at radius 1 is 1.13 bits per heavy atom. The smallest absolute Gasteiger partial charge is 0.150 e. The molecule has 1 fully saturated rings. The van der Waals surface area contributed by atoms with Gasteiger partial charge in [0.05, 0.1) is 10.4 Å². The Balaban J connectivity index is 1.81. The zero-order valence-corrected chi connectivity index (χ0v) is 13.5. The number of nitrogens with one attached hydrogen (secondary N) is 1. The van der Waals surface area contributed by atoms with Crippen LogP contribution in [0.1, 0.15) is 10.4 Å². The lowest BCUT2D eigenvalue weighted by atomic mass is 10.1. The number of carbonyl (C=O) groups is 1. The highest BCUT2D eigenvalue weighted by atomic mass is 32.1. The predicted octanol–water partition coefficient (Wildman–Crippen LogP) is 3.19. The topological polar surface area (TPSA) is 45.2 Å². The van der Waals surface area contributed by atoms with Crippen LogP contribution < -0.4 is 10.2 Å². The van der Waals surface area contributed by atoms with Crippen molar-refractivity contribution in [3.05, 3.63) is 47.3 Å². The Labute approximate surface area is 138 Å². The van der Waals surface area contributed by atoms with Gasteiger partial charge in [0.25, 0.3) is 0 Å². The van der Waals surface area contributed by atoms with Crippen LogP contribution >= 0.6 is 11.3 Å². The van der Waals surface area contributed by atoms with Crippen molar-refractivity contribution in [1.82, 2.24) is 10.3 Å². The van der Waals surface area contributed by atoms with Crippen molar-refractivity contribution in [2.45, 2.75) is 0 Å². The summed E-state index contributed by atoms with van der Waals surface area (Å²) in [5, 5.41) is 6.74. The minimum atomic E-state index is 0.688. The second-order valence-corrected chi connectivity index (χ2v) is 6.56. The lowest BCUT2D eigenvalue weighted by molar-refractivity contribution is 0.112. The number of carbonyl (C=O) groups excluding carboxylic acids is 1. The summed E-state index contributed by atoms with van der Waals surface area (Å²) in [6, 6.07) is 11.9. The normalized spacial score (nSPS) is 15.0. The fourth-order valence-corrected chi connectivity index (χ4v) is 3.82. The molecule has 0 aliphatic carbocycles. The van der Waals surface area contributed by atoms with Gasteiger partial charge in [-0.05, 0) is 22.9 Å². The third-order valence-corrected chi connectivity index (χ3v) is 5.10. The van der Waals surface area contributed by atoms with Gasteiger partial charge in [-0.1, -0.05) is 24.3 Å². The maximum atomic E-state index is 10.8. The Bertz CT molecular complexity index is 835. The molecule has 0 saturated carbocycles. The summed E-state index contributed by atoms with van der Waals surface area (Å²) in [5.41, 5.74) is 2.69. The molecule has 0 amide bonds. The zero-order chi connectivity index (χ0) is 15.6. The van der Waals surface area contributed by atoms with Crippen LogP contribution in [0.5, 0.6) is 0 Å². The van der Waals surface area contributed by atoms with Gasteiger partial charge in [-0.2, -0.15) is 0 Å². The van der Waals surface area contributed by atoms with Gasteiger partial charge in [-0.15, -0.1) is 11.3 Å². The van der Waals surface area contributed by atoms with E-state index in [2.05, 4.69) is 27.7 Å². The van der Waals surface area contributed by atoms with E-state index in [1.807, 2.05) is 24.3 Å². The first-order valence-electron chi connectivity index (χ1n) is 7.75. The summed E-state index contributed by atoms with van der Waals surface area (Å²) in [4.78, 5) is 18.1. The summed E-state index contributed by atoms with van der Waals surface area (Å²) in [5.74, 6) is 1.08. The molecule has 116 valence electrons. The molecule has 1 aliphatic heterocycles. The summed E-state index contributed by atoms with van der Waals surface area (Å²) in [6.45, 7) is 3.95. The van der Waals surface area contributed by atoms with Crippen LogP contribution in [-0.2, 0) is 0 Å². The molecule has 0 bridgehead atoms. The van der Waals surface area contributed by atoms with E-state index in [4.69, 9.17) is 4.98 Å². The number of hydrogen-bond donors (Lipinski definition) is 1. The van der Waals surface area contributed by atoms with Crippen LogP contribution in [0.3, 0.4) is 0 Å². The molecular weight excluding hydrogens is 306 g/mol. The maximum Gasteiger partial charge on any atom is 0.150 e. The largest absolute Gasteiger partial charge is 0.353 e. The number of benzene rings is 1. The quantitative estimate of drug-likeness (QED) is 0.752. The van der Waals surface area contributed by atoms with Crippen LogP contribution in [0.15, 0.2) is 41.8 Å². The van der Waals surface area contributed by atoms with E-state index < -0.39 is 0 Å². The molecule has 1 N–H and O–H groups in total. The monoisotopic (exact) mass is 323 g/mol. The summed E-state index contributed by atoms with van der Waals surface area (Å²) >= 11 is 1.75. The molecule has 1 saturated heterocycles. The SMILES string of the molecule is O=Cc1ccc(-c2cc3ccsc3c(N3CCNCC3)n2)cc1. The minimum Gasteiger partial charge on any atom is -0.353 e. The highest BCUT2D eigenvalue weighted by molar-refractivity contribution is 7.17. The molecule has 2 aromatic heterocycles. The fraction of sp³-hybridized carbons (Fsp3) is 0.222. The van der Waals surface area contributed by atoms with E-state index in [1.54, 1.807) is 11.3 Å². The molecule has 0 unspecified atom stereocenters. The number of hydrogen-bond acceptors (Lipinski definition) is 5. The molecule has 1 aliphatic rings. The second-order valence-electron chi connectivity index (χ2n) is 5.65. The first-order chi connectivity index (χ1) is 11.3. The van der Waals surface area contributed by atoms with Gasteiger partial charge in [0, 0.05) is 37.3 Å². The van der Waals surface area contributed by atoms with Gasteiger partial charge >= 0.3 is 0 Å². The van der Waals surface area contributed by atoms with E-state index in [0.29, 0.717) is 5.56 Å². The molecule has 3 heterocycles. The number of rotatable bonds is 3. The Kier molecular flexibility index (Phi) is 3.81. The van der Waals surface area contributed by atoms with Gasteiger partial charge in [0.2, 0.25) is 0 Å². The number of aromatic nitrogens is 1. The van der Waals surface area contributed by atoms with Crippen LogP contribution in [0, 0.1) is 0 Å². The summed E-state index contributed by atoms with van der Waals surface area (Å²) in [6.07, 6.45) is 0.867. The average Bonchev–Trinajstić information content (AvgIpc) is 3.10. The van der Waals surface area contributed by atoms with Crippen LogP contribution in [-0.4, -0.2) is 37.4 Å². The highest BCUT2D eigenvalue weighted by Crippen LogP contribution is 2.33.